The van der Waals surface area contributed by atoms with Gasteiger partial charge in [0.1, 0.15) is 5.82 Å². The van der Waals surface area contributed by atoms with Gasteiger partial charge in [0.2, 0.25) is 0 Å². The first-order valence-electron chi connectivity index (χ1n) is 8.11. The number of aromatic amines is 1. The van der Waals surface area contributed by atoms with Gasteiger partial charge >= 0.3 is 0 Å². The molecule has 1 saturated heterocycles. The Hall–Kier alpha value is -1.70. The van der Waals surface area contributed by atoms with Gasteiger partial charge in [-0.1, -0.05) is 38.1 Å². The summed E-state index contributed by atoms with van der Waals surface area (Å²) in [6.45, 7) is 6.99. The zero-order chi connectivity index (χ0) is 17.3. The molecule has 0 amide bonds. The van der Waals surface area contributed by atoms with Crippen LogP contribution in [0.5, 0.6) is 0 Å². The molecule has 130 valence electrons. The predicted octanol–water partition coefficient (Wildman–Crippen LogP) is 2.60. The van der Waals surface area contributed by atoms with Gasteiger partial charge in [-0.15, -0.1) is 0 Å². The molecule has 6 nitrogen and oxygen atoms in total. The molecule has 1 fully saturated rings. The minimum Gasteiger partial charge on any atom is -0.371 e. The number of aryl methyl sites for hydroxylation is 1. The van der Waals surface area contributed by atoms with Crippen LogP contribution in [0.25, 0.3) is 0 Å². The van der Waals surface area contributed by atoms with Crippen molar-refractivity contribution in [1.29, 1.82) is 0 Å². The fraction of sp³-hybridized carbons (Fsp3) is 0.471. The lowest BCUT2D eigenvalue weighted by atomic mass is 10.0. The van der Waals surface area contributed by atoms with Gasteiger partial charge in [0.25, 0.3) is 10.0 Å². The number of H-pyrrole nitrogens is 1. The van der Waals surface area contributed by atoms with Gasteiger partial charge in [-0.3, -0.25) is 0 Å². The molecule has 1 aliphatic rings. The summed E-state index contributed by atoms with van der Waals surface area (Å²) in [6, 6.07) is 7.91. The molecule has 0 aliphatic carbocycles. The van der Waals surface area contributed by atoms with Gasteiger partial charge < -0.3 is 9.72 Å². The van der Waals surface area contributed by atoms with E-state index < -0.39 is 10.0 Å². The molecule has 1 N–H and O–H groups in total. The molecular formula is C17H23N3O3S. The molecule has 7 heteroatoms. The Balaban J connectivity index is 1.84. The lowest BCUT2D eigenvalue weighted by molar-refractivity contribution is -0.00295. The van der Waals surface area contributed by atoms with Crippen molar-refractivity contribution in [2.24, 2.45) is 0 Å². The molecule has 1 aromatic carbocycles. The largest absolute Gasteiger partial charge is 0.371 e. The molecule has 1 aliphatic heterocycles. The van der Waals surface area contributed by atoms with Crippen LogP contribution in [0.1, 0.15) is 42.8 Å². The Morgan fingerprint density at radius 3 is 2.75 bits per heavy atom. The van der Waals surface area contributed by atoms with Crippen molar-refractivity contribution in [2.45, 2.75) is 37.8 Å². The Labute approximate surface area is 142 Å². The van der Waals surface area contributed by atoms with Crippen LogP contribution >= 0.6 is 0 Å². The standard InChI is InChI=1S/C17H23N3O3S/c1-12(2)17-18-10-16(19-17)24(21,22)20-8-9-23-15(11-20)14-7-5-4-6-13(14)3/h4-7,10,12,15H,8-9,11H2,1-3H3,(H,18,19)/t15-/m0/s1. The number of nitrogens with zero attached hydrogens (tertiary/aromatic N) is 2. The van der Waals surface area contributed by atoms with Crippen LogP contribution in [0.3, 0.4) is 0 Å². The maximum absolute atomic E-state index is 12.9. The maximum atomic E-state index is 12.9. The lowest BCUT2D eigenvalue weighted by Gasteiger charge is -2.32. The SMILES string of the molecule is Cc1ccccc1[C@@H]1CN(S(=O)(=O)c2cnc(C(C)C)[nH]2)CCO1. The number of rotatable bonds is 4. The van der Waals surface area contributed by atoms with Crippen molar-refractivity contribution in [3.63, 3.8) is 0 Å². The maximum Gasteiger partial charge on any atom is 0.260 e. The third-order valence-corrected chi connectivity index (χ3v) is 6.08. The normalized spacial score (nSPS) is 19.8. The molecule has 2 heterocycles. The summed E-state index contributed by atoms with van der Waals surface area (Å²) in [5.74, 6) is 0.829. The van der Waals surface area contributed by atoms with Crippen molar-refractivity contribution < 1.29 is 13.2 Å². The number of hydrogen-bond acceptors (Lipinski definition) is 4. The Morgan fingerprint density at radius 2 is 2.08 bits per heavy atom. The molecule has 24 heavy (non-hydrogen) atoms. The third kappa shape index (κ3) is 3.24. The average molecular weight is 349 g/mol. The summed E-state index contributed by atoms with van der Waals surface area (Å²) in [5.41, 5.74) is 2.13. The summed E-state index contributed by atoms with van der Waals surface area (Å²) < 4.78 is 33.1. The fourth-order valence-electron chi connectivity index (χ4n) is 2.86. The second kappa shape index (κ2) is 6.66. The highest BCUT2D eigenvalue weighted by molar-refractivity contribution is 7.89. The number of ether oxygens (including phenoxy) is 1. The number of sulfonamides is 1. The van der Waals surface area contributed by atoms with Gasteiger partial charge in [-0.05, 0) is 18.1 Å². The molecule has 1 aromatic heterocycles. The Bertz CT molecular complexity index is 814. The number of nitrogens with one attached hydrogen (secondary N) is 1. The highest BCUT2D eigenvalue weighted by Gasteiger charge is 2.33. The monoisotopic (exact) mass is 349 g/mol. The highest BCUT2D eigenvalue weighted by atomic mass is 32.2. The van der Waals surface area contributed by atoms with Crippen molar-refractivity contribution >= 4 is 10.0 Å². The van der Waals surface area contributed by atoms with E-state index in [1.165, 1.54) is 10.5 Å². The lowest BCUT2D eigenvalue weighted by Crippen LogP contribution is -2.42. The van der Waals surface area contributed by atoms with Crippen LogP contribution in [0.2, 0.25) is 0 Å². The summed E-state index contributed by atoms with van der Waals surface area (Å²) >= 11 is 0. The first kappa shape index (κ1) is 17.1. The Kier molecular flexibility index (Phi) is 4.76. The van der Waals surface area contributed by atoms with E-state index in [1.54, 1.807) is 0 Å². The van der Waals surface area contributed by atoms with E-state index in [1.807, 2.05) is 45.0 Å². The quantitative estimate of drug-likeness (QED) is 0.921. The van der Waals surface area contributed by atoms with Crippen LogP contribution in [-0.2, 0) is 14.8 Å². The number of imidazole rings is 1. The predicted molar refractivity (Wildman–Crippen MR) is 91.3 cm³/mol. The van der Waals surface area contributed by atoms with Crippen LogP contribution in [0.4, 0.5) is 0 Å². The van der Waals surface area contributed by atoms with E-state index in [-0.39, 0.29) is 17.0 Å². The minimum atomic E-state index is -3.59. The van der Waals surface area contributed by atoms with E-state index >= 15 is 0 Å². The molecule has 0 saturated carbocycles. The van der Waals surface area contributed by atoms with Gasteiger partial charge in [0.15, 0.2) is 5.03 Å². The minimum absolute atomic E-state index is 0.150. The van der Waals surface area contributed by atoms with Gasteiger partial charge in [0.05, 0.1) is 18.9 Å². The zero-order valence-electron chi connectivity index (χ0n) is 14.2. The fourth-order valence-corrected chi connectivity index (χ4v) is 4.21. The average Bonchev–Trinajstić information content (AvgIpc) is 3.06. The molecular weight excluding hydrogens is 326 g/mol. The van der Waals surface area contributed by atoms with Gasteiger partial charge in [0, 0.05) is 19.0 Å². The Morgan fingerprint density at radius 1 is 1.33 bits per heavy atom. The molecule has 0 unspecified atom stereocenters. The smallest absolute Gasteiger partial charge is 0.260 e. The van der Waals surface area contributed by atoms with Crippen molar-refractivity contribution in [3.8, 4) is 0 Å². The summed E-state index contributed by atoms with van der Waals surface area (Å²) in [5, 5.41) is 0.150. The van der Waals surface area contributed by atoms with Crippen LogP contribution in [0, 0.1) is 6.92 Å². The molecule has 0 bridgehead atoms. The van der Waals surface area contributed by atoms with Crippen molar-refractivity contribution in [3.05, 3.63) is 47.4 Å². The molecule has 0 spiro atoms. The van der Waals surface area contributed by atoms with E-state index in [9.17, 15) is 8.42 Å². The zero-order valence-corrected chi connectivity index (χ0v) is 15.0. The summed E-state index contributed by atoms with van der Waals surface area (Å²) in [6.07, 6.45) is 1.16. The van der Waals surface area contributed by atoms with Crippen molar-refractivity contribution in [1.82, 2.24) is 14.3 Å². The van der Waals surface area contributed by atoms with E-state index in [4.69, 9.17) is 4.74 Å². The highest BCUT2D eigenvalue weighted by Crippen LogP contribution is 2.28. The van der Waals surface area contributed by atoms with E-state index in [0.29, 0.717) is 25.5 Å². The number of benzene rings is 1. The van der Waals surface area contributed by atoms with Crippen molar-refractivity contribution in [2.75, 3.05) is 19.7 Å². The number of aromatic nitrogens is 2. The van der Waals surface area contributed by atoms with Crippen LogP contribution in [0.15, 0.2) is 35.5 Å². The first-order valence-corrected chi connectivity index (χ1v) is 9.56. The van der Waals surface area contributed by atoms with Crippen LogP contribution in [-0.4, -0.2) is 42.4 Å². The second-order valence-electron chi connectivity index (χ2n) is 6.37. The number of hydrogen-bond donors (Lipinski definition) is 1. The summed E-state index contributed by atoms with van der Waals surface area (Å²) in [7, 11) is -3.59. The van der Waals surface area contributed by atoms with Gasteiger partial charge in [-0.25, -0.2) is 13.4 Å². The second-order valence-corrected chi connectivity index (χ2v) is 8.27. The third-order valence-electron chi connectivity index (χ3n) is 4.30. The first-order chi connectivity index (χ1) is 11.4. The molecule has 2 aromatic rings. The molecule has 3 rings (SSSR count). The van der Waals surface area contributed by atoms with E-state index in [2.05, 4.69) is 9.97 Å². The van der Waals surface area contributed by atoms with E-state index in [0.717, 1.165) is 11.1 Å². The van der Waals surface area contributed by atoms with Crippen LogP contribution < -0.4 is 0 Å². The topological polar surface area (TPSA) is 75.3 Å². The number of morpholine rings is 1. The van der Waals surface area contributed by atoms with Gasteiger partial charge in [-0.2, -0.15) is 4.31 Å². The molecule has 1 atom stereocenters. The summed E-state index contributed by atoms with van der Waals surface area (Å²) in [4.78, 5) is 7.11. The molecule has 0 radical (unpaired) electrons.